The Kier molecular flexibility index (Phi) is 4.43. The molecule has 4 heteroatoms. The normalized spacial score (nSPS) is 15.9. The zero-order valence-corrected chi connectivity index (χ0v) is 11.5. The highest BCUT2D eigenvalue weighted by Gasteiger charge is 2.49. The van der Waals surface area contributed by atoms with Gasteiger partial charge < -0.3 is 15.4 Å². The first-order chi connectivity index (χ1) is 9.18. The molecule has 4 nitrogen and oxygen atoms in total. The highest BCUT2D eigenvalue weighted by atomic mass is 16.5. The lowest BCUT2D eigenvalue weighted by atomic mass is 10.1. The van der Waals surface area contributed by atoms with E-state index in [-0.39, 0.29) is 11.3 Å². The zero-order valence-electron chi connectivity index (χ0n) is 11.5. The van der Waals surface area contributed by atoms with Crippen LogP contribution < -0.4 is 10.5 Å². The molecule has 104 valence electrons. The molecule has 1 fully saturated rings. The van der Waals surface area contributed by atoms with Crippen LogP contribution in [0.3, 0.4) is 0 Å². The second kappa shape index (κ2) is 6.06. The summed E-state index contributed by atoms with van der Waals surface area (Å²) >= 11 is 0. The number of hydrogen-bond donors (Lipinski definition) is 1. The number of benzene rings is 1. The molecule has 1 aliphatic carbocycles. The van der Waals surface area contributed by atoms with Crippen molar-refractivity contribution in [2.45, 2.75) is 19.3 Å². The van der Waals surface area contributed by atoms with Gasteiger partial charge in [-0.05, 0) is 31.4 Å². The molecule has 2 rings (SSSR count). The maximum atomic E-state index is 12.1. The number of carbonyl (C=O) groups is 1. The molecule has 0 aromatic heterocycles. The van der Waals surface area contributed by atoms with E-state index in [9.17, 15) is 4.79 Å². The molecule has 1 aromatic rings. The average Bonchev–Trinajstić information content (AvgIpc) is 3.25. The zero-order chi connectivity index (χ0) is 13.7. The summed E-state index contributed by atoms with van der Waals surface area (Å²) in [5, 5.41) is 0. The van der Waals surface area contributed by atoms with Crippen molar-refractivity contribution in [1.82, 2.24) is 4.90 Å². The van der Waals surface area contributed by atoms with Gasteiger partial charge in [0.25, 0.3) is 0 Å². The summed E-state index contributed by atoms with van der Waals surface area (Å²) in [6.07, 6.45) is 2.71. The van der Waals surface area contributed by atoms with Gasteiger partial charge in [-0.3, -0.25) is 4.79 Å². The average molecular weight is 262 g/mol. The van der Waals surface area contributed by atoms with E-state index in [2.05, 4.69) is 0 Å². The Morgan fingerprint density at radius 2 is 2.05 bits per heavy atom. The van der Waals surface area contributed by atoms with Crippen molar-refractivity contribution in [1.29, 1.82) is 0 Å². The summed E-state index contributed by atoms with van der Waals surface area (Å²) in [5.74, 6) is 1.06. The third kappa shape index (κ3) is 3.47. The topological polar surface area (TPSA) is 55.6 Å². The second-order valence-electron chi connectivity index (χ2n) is 5.23. The number of carbonyl (C=O) groups excluding carboxylic acids is 1. The Morgan fingerprint density at radius 1 is 1.37 bits per heavy atom. The van der Waals surface area contributed by atoms with Crippen LogP contribution in [0.5, 0.6) is 5.75 Å². The van der Waals surface area contributed by atoms with Crippen molar-refractivity contribution in [3.8, 4) is 5.75 Å². The van der Waals surface area contributed by atoms with Crippen molar-refractivity contribution in [2.24, 2.45) is 11.1 Å². The highest BCUT2D eigenvalue weighted by Crippen LogP contribution is 2.45. The van der Waals surface area contributed by atoms with Crippen molar-refractivity contribution in [3.63, 3.8) is 0 Å². The quantitative estimate of drug-likeness (QED) is 0.760. The lowest BCUT2D eigenvalue weighted by Gasteiger charge is -2.22. The lowest BCUT2D eigenvalue weighted by Crippen LogP contribution is -2.38. The summed E-state index contributed by atoms with van der Waals surface area (Å²) in [7, 11) is 1.85. The van der Waals surface area contributed by atoms with Gasteiger partial charge >= 0.3 is 0 Å². The molecular weight excluding hydrogens is 240 g/mol. The molecule has 0 bridgehead atoms. The third-order valence-electron chi connectivity index (χ3n) is 3.69. The Morgan fingerprint density at radius 3 is 2.63 bits per heavy atom. The van der Waals surface area contributed by atoms with E-state index < -0.39 is 0 Å². The summed E-state index contributed by atoms with van der Waals surface area (Å²) in [6, 6.07) is 9.72. The summed E-state index contributed by atoms with van der Waals surface area (Å²) in [6.45, 7) is 1.81. The molecule has 1 amide bonds. The fourth-order valence-corrected chi connectivity index (χ4v) is 2.17. The van der Waals surface area contributed by atoms with Gasteiger partial charge in [0.1, 0.15) is 5.75 Å². The molecule has 1 saturated carbocycles. The SMILES string of the molecule is CN(CCCOc1ccccc1)C(=O)C1(CN)CC1. The molecule has 0 saturated heterocycles. The maximum Gasteiger partial charge on any atom is 0.229 e. The molecule has 2 N–H and O–H groups in total. The number of hydrogen-bond acceptors (Lipinski definition) is 3. The van der Waals surface area contributed by atoms with E-state index in [1.807, 2.05) is 37.4 Å². The first-order valence-corrected chi connectivity index (χ1v) is 6.81. The van der Waals surface area contributed by atoms with Crippen LogP contribution in [0.25, 0.3) is 0 Å². The van der Waals surface area contributed by atoms with Crippen LogP contribution in [-0.2, 0) is 4.79 Å². The predicted molar refractivity (Wildman–Crippen MR) is 74.9 cm³/mol. The van der Waals surface area contributed by atoms with Crippen LogP contribution >= 0.6 is 0 Å². The van der Waals surface area contributed by atoms with E-state index in [0.29, 0.717) is 19.7 Å². The van der Waals surface area contributed by atoms with E-state index in [4.69, 9.17) is 10.5 Å². The van der Waals surface area contributed by atoms with Crippen LogP contribution in [0, 0.1) is 5.41 Å². The summed E-state index contributed by atoms with van der Waals surface area (Å²) < 4.78 is 5.60. The minimum absolute atomic E-state index is 0.190. The van der Waals surface area contributed by atoms with Crippen LogP contribution in [-0.4, -0.2) is 37.6 Å². The molecule has 0 spiro atoms. The monoisotopic (exact) mass is 262 g/mol. The van der Waals surface area contributed by atoms with Crippen LogP contribution in [0.2, 0.25) is 0 Å². The number of amides is 1. The van der Waals surface area contributed by atoms with Gasteiger partial charge in [-0.2, -0.15) is 0 Å². The third-order valence-corrected chi connectivity index (χ3v) is 3.69. The van der Waals surface area contributed by atoms with E-state index in [1.165, 1.54) is 0 Å². The Bertz CT molecular complexity index is 415. The van der Waals surface area contributed by atoms with E-state index in [0.717, 1.165) is 25.0 Å². The highest BCUT2D eigenvalue weighted by molar-refractivity contribution is 5.85. The van der Waals surface area contributed by atoms with Gasteiger partial charge in [0.2, 0.25) is 5.91 Å². The van der Waals surface area contributed by atoms with Crippen LogP contribution in [0.4, 0.5) is 0 Å². The Balaban J connectivity index is 1.67. The Hall–Kier alpha value is -1.55. The summed E-state index contributed by atoms with van der Waals surface area (Å²) in [5.41, 5.74) is 5.43. The smallest absolute Gasteiger partial charge is 0.229 e. The van der Waals surface area contributed by atoms with Crippen molar-refractivity contribution in [3.05, 3.63) is 30.3 Å². The fourth-order valence-electron chi connectivity index (χ4n) is 2.17. The molecular formula is C15H22N2O2. The number of nitrogens with zero attached hydrogens (tertiary/aromatic N) is 1. The summed E-state index contributed by atoms with van der Waals surface area (Å²) in [4.78, 5) is 13.9. The first-order valence-electron chi connectivity index (χ1n) is 6.81. The van der Waals surface area contributed by atoms with Crippen LogP contribution in [0.15, 0.2) is 30.3 Å². The number of ether oxygens (including phenoxy) is 1. The molecule has 0 unspecified atom stereocenters. The second-order valence-corrected chi connectivity index (χ2v) is 5.23. The number of rotatable bonds is 7. The van der Waals surface area contributed by atoms with Gasteiger partial charge in [0.15, 0.2) is 0 Å². The number of para-hydroxylation sites is 1. The van der Waals surface area contributed by atoms with Crippen molar-refractivity contribution < 1.29 is 9.53 Å². The van der Waals surface area contributed by atoms with Crippen LogP contribution in [0.1, 0.15) is 19.3 Å². The Labute approximate surface area is 114 Å². The molecule has 1 aromatic carbocycles. The van der Waals surface area contributed by atoms with E-state index in [1.54, 1.807) is 4.90 Å². The molecule has 0 radical (unpaired) electrons. The largest absolute Gasteiger partial charge is 0.494 e. The first kappa shape index (κ1) is 13.9. The lowest BCUT2D eigenvalue weighted by molar-refractivity contribution is -0.135. The van der Waals surface area contributed by atoms with Gasteiger partial charge in [-0.15, -0.1) is 0 Å². The minimum atomic E-state index is -0.241. The molecule has 0 heterocycles. The van der Waals surface area contributed by atoms with Gasteiger partial charge in [-0.1, -0.05) is 18.2 Å². The predicted octanol–water partition coefficient (Wildman–Crippen LogP) is 1.65. The van der Waals surface area contributed by atoms with E-state index >= 15 is 0 Å². The molecule has 0 atom stereocenters. The van der Waals surface area contributed by atoms with Crippen molar-refractivity contribution in [2.75, 3.05) is 26.7 Å². The van der Waals surface area contributed by atoms with Gasteiger partial charge in [-0.25, -0.2) is 0 Å². The fraction of sp³-hybridized carbons (Fsp3) is 0.533. The van der Waals surface area contributed by atoms with Gasteiger partial charge in [0, 0.05) is 20.1 Å². The molecule has 0 aliphatic heterocycles. The minimum Gasteiger partial charge on any atom is -0.494 e. The molecule has 1 aliphatic rings. The molecule has 19 heavy (non-hydrogen) atoms. The van der Waals surface area contributed by atoms with Gasteiger partial charge in [0.05, 0.1) is 12.0 Å². The standard InChI is InChI=1S/C15H22N2O2/c1-17(14(18)15(12-16)8-9-15)10-5-11-19-13-6-3-2-4-7-13/h2-4,6-7H,5,8-12,16H2,1H3. The van der Waals surface area contributed by atoms with Crippen molar-refractivity contribution >= 4 is 5.91 Å². The maximum absolute atomic E-state index is 12.1. The number of nitrogens with two attached hydrogens (primary N) is 1.